The minimum atomic E-state index is -0.380. The van der Waals surface area contributed by atoms with Crippen molar-refractivity contribution in [2.24, 2.45) is 5.92 Å². The molecule has 7 heteroatoms. The van der Waals surface area contributed by atoms with Crippen LogP contribution in [0.3, 0.4) is 0 Å². The van der Waals surface area contributed by atoms with Crippen LogP contribution >= 0.6 is 11.8 Å². The quantitative estimate of drug-likeness (QED) is 0.532. The number of carbonyl (C=O) groups is 1. The maximum atomic E-state index is 12.1. The number of hydrogen-bond donors (Lipinski definition) is 1. The van der Waals surface area contributed by atoms with Gasteiger partial charge in [0.15, 0.2) is 5.65 Å². The van der Waals surface area contributed by atoms with E-state index in [4.69, 9.17) is 4.74 Å². The van der Waals surface area contributed by atoms with Crippen LogP contribution < -0.4 is 0 Å². The number of H-pyrrole nitrogens is 1. The predicted molar refractivity (Wildman–Crippen MR) is 99.7 cm³/mol. The van der Waals surface area contributed by atoms with E-state index in [2.05, 4.69) is 40.1 Å². The lowest BCUT2D eigenvalue weighted by atomic mass is 10.1. The lowest BCUT2D eigenvalue weighted by Crippen LogP contribution is -2.20. The first-order valence-electron chi connectivity index (χ1n) is 8.44. The third kappa shape index (κ3) is 3.92. The van der Waals surface area contributed by atoms with Crippen LogP contribution in [0.15, 0.2) is 23.4 Å². The van der Waals surface area contributed by atoms with Crippen molar-refractivity contribution in [2.75, 3.05) is 6.61 Å². The first kappa shape index (κ1) is 17.7. The minimum Gasteiger partial charge on any atom is -0.465 e. The number of aromatic amines is 1. The second-order valence-electron chi connectivity index (χ2n) is 6.37. The van der Waals surface area contributed by atoms with Crippen molar-refractivity contribution in [3.63, 3.8) is 0 Å². The molecule has 2 heterocycles. The highest BCUT2D eigenvalue weighted by Gasteiger charge is 2.19. The van der Waals surface area contributed by atoms with Crippen LogP contribution in [0.4, 0.5) is 0 Å². The van der Waals surface area contributed by atoms with E-state index >= 15 is 0 Å². The molecule has 1 aromatic carbocycles. The van der Waals surface area contributed by atoms with Gasteiger partial charge >= 0.3 is 5.97 Å². The SMILES string of the molecule is CCC(C)COC(=O)C(C)Sc1nnc2c(n1)[nH]c1ccc(C)cc12. The highest BCUT2D eigenvalue weighted by molar-refractivity contribution is 8.00. The molecule has 0 amide bonds. The number of benzene rings is 1. The van der Waals surface area contributed by atoms with Crippen molar-refractivity contribution in [1.82, 2.24) is 20.2 Å². The lowest BCUT2D eigenvalue weighted by molar-refractivity contribution is -0.143. The second-order valence-corrected chi connectivity index (χ2v) is 7.68. The Balaban J connectivity index is 1.75. The van der Waals surface area contributed by atoms with E-state index in [1.807, 2.05) is 19.1 Å². The zero-order valence-electron chi connectivity index (χ0n) is 14.9. The number of hydrogen-bond acceptors (Lipinski definition) is 6. The standard InChI is InChI=1S/C18H22N4O2S/c1-5-10(2)9-24-17(23)12(4)25-18-20-16-15(21-22-18)13-8-11(3)6-7-14(13)19-16/h6-8,10,12H,5,9H2,1-4H3,(H,19,20,22). The maximum Gasteiger partial charge on any atom is 0.319 e. The molecule has 2 atom stereocenters. The molecule has 0 saturated carbocycles. The number of rotatable bonds is 6. The van der Waals surface area contributed by atoms with Crippen molar-refractivity contribution >= 4 is 39.8 Å². The van der Waals surface area contributed by atoms with Crippen LogP contribution in [0.5, 0.6) is 0 Å². The number of aryl methyl sites for hydroxylation is 1. The van der Waals surface area contributed by atoms with Gasteiger partial charge in [-0.25, -0.2) is 4.98 Å². The summed E-state index contributed by atoms with van der Waals surface area (Å²) >= 11 is 1.26. The molecule has 0 saturated heterocycles. The van der Waals surface area contributed by atoms with Crippen molar-refractivity contribution in [1.29, 1.82) is 0 Å². The van der Waals surface area contributed by atoms with Crippen LogP contribution in [-0.4, -0.2) is 38.0 Å². The van der Waals surface area contributed by atoms with Gasteiger partial charge in [-0.05, 0) is 31.9 Å². The van der Waals surface area contributed by atoms with Gasteiger partial charge in [0.2, 0.25) is 5.16 Å². The van der Waals surface area contributed by atoms with Gasteiger partial charge in [-0.3, -0.25) is 4.79 Å². The Hall–Kier alpha value is -2.15. The summed E-state index contributed by atoms with van der Waals surface area (Å²) in [5.74, 6) is 0.117. The van der Waals surface area contributed by atoms with Gasteiger partial charge in [0.1, 0.15) is 10.8 Å². The topological polar surface area (TPSA) is 80.8 Å². The highest BCUT2D eigenvalue weighted by Crippen LogP contribution is 2.26. The molecule has 2 aromatic heterocycles. The summed E-state index contributed by atoms with van der Waals surface area (Å²) in [5, 5.41) is 9.55. The number of nitrogens with zero attached hydrogens (tertiary/aromatic N) is 3. The Kier molecular flexibility index (Phi) is 5.22. The van der Waals surface area contributed by atoms with Gasteiger partial charge in [0.25, 0.3) is 0 Å². The fourth-order valence-electron chi connectivity index (χ4n) is 2.39. The van der Waals surface area contributed by atoms with E-state index < -0.39 is 0 Å². The predicted octanol–water partition coefficient (Wildman–Crippen LogP) is 3.88. The summed E-state index contributed by atoms with van der Waals surface area (Å²) < 4.78 is 5.33. The zero-order valence-corrected chi connectivity index (χ0v) is 15.7. The molecule has 25 heavy (non-hydrogen) atoms. The largest absolute Gasteiger partial charge is 0.465 e. The molecule has 0 aliphatic carbocycles. The van der Waals surface area contributed by atoms with E-state index in [9.17, 15) is 4.79 Å². The van der Waals surface area contributed by atoms with Crippen molar-refractivity contribution in [3.8, 4) is 0 Å². The van der Waals surface area contributed by atoms with Gasteiger partial charge in [-0.2, -0.15) is 0 Å². The van der Waals surface area contributed by atoms with E-state index in [0.717, 1.165) is 28.4 Å². The molecule has 0 radical (unpaired) electrons. The zero-order chi connectivity index (χ0) is 18.0. The first-order chi connectivity index (χ1) is 12.0. The molecule has 132 valence electrons. The molecular formula is C18H22N4O2S. The van der Waals surface area contributed by atoms with E-state index in [0.29, 0.717) is 23.3 Å². The number of aromatic nitrogens is 4. The van der Waals surface area contributed by atoms with Gasteiger partial charge < -0.3 is 9.72 Å². The van der Waals surface area contributed by atoms with Crippen LogP contribution in [0.25, 0.3) is 22.1 Å². The first-order valence-corrected chi connectivity index (χ1v) is 9.32. The van der Waals surface area contributed by atoms with Gasteiger partial charge in [0, 0.05) is 10.9 Å². The second kappa shape index (κ2) is 7.39. The normalized spacial score (nSPS) is 13.9. The summed E-state index contributed by atoms with van der Waals surface area (Å²) in [6.45, 7) is 8.42. The Labute approximate surface area is 150 Å². The molecule has 0 aliphatic rings. The Morgan fingerprint density at radius 3 is 2.88 bits per heavy atom. The van der Waals surface area contributed by atoms with Gasteiger partial charge in [-0.1, -0.05) is 43.7 Å². The number of thioether (sulfide) groups is 1. The summed E-state index contributed by atoms with van der Waals surface area (Å²) in [5.41, 5.74) is 3.56. The molecule has 0 spiro atoms. The van der Waals surface area contributed by atoms with Crippen molar-refractivity contribution in [2.45, 2.75) is 44.5 Å². The molecule has 3 rings (SSSR count). The Bertz CT molecular complexity index is 909. The van der Waals surface area contributed by atoms with Gasteiger partial charge in [0.05, 0.1) is 6.61 Å². The van der Waals surface area contributed by atoms with E-state index in [1.54, 1.807) is 6.92 Å². The Morgan fingerprint density at radius 2 is 2.12 bits per heavy atom. The number of nitrogens with one attached hydrogen (secondary N) is 1. The fraction of sp³-hybridized carbons (Fsp3) is 0.444. The van der Waals surface area contributed by atoms with Crippen LogP contribution in [0, 0.1) is 12.8 Å². The number of ether oxygens (including phenoxy) is 1. The summed E-state index contributed by atoms with van der Waals surface area (Å²) in [4.78, 5) is 19.8. The van der Waals surface area contributed by atoms with Crippen molar-refractivity contribution < 1.29 is 9.53 Å². The molecule has 0 bridgehead atoms. The molecule has 1 N–H and O–H groups in total. The molecule has 2 unspecified atom stereocenters. The van der Waals surface area contributed by atoms with Gasteiger partial charge in [-0.15, -0.1) is 10.2 Å². The fourth-order valence-corrected chi connectivity index (χ4v) is 3.10. The smallest absolute Gasteiger partial charge is 0.319 e. The highest BCUT2D eigenvalue weighted by atomic mass is 32.2. The average Bonchev–Trinajstić information content (AvgIpc) is 2.96. The molecule has 3 aromatic rings. The molecular weight excluding hydrogens is 336 g/mol. The number of carbonyl (C=O) groups excluding carboxylic acids is 1. The molecule has 6 nitrogen and oxygen atoms in total. The van der Waals surface area contributed by atoms with Crippen LogP contribution in [0.1, 0.15) is 32.8 Å². The van der Waals surface area contributed by atoms with Crippen molar-refractivity contribution in [3.05, 3.63) is 23.8 Å². The average molecular weight is 358 g/mol. The molecule has 0 aliphatic heterocycles. The monoisotopic (exact) mass is 358 g/mol. The Morgan fingerprint density at radius 1 is 1.32 bits per heavy atom. The summed E-state index contributed by atoms with van der Waals surface area (Å²) in [7, 11) is 0. The maximum absolute atomic E-state index is 12.1. The van der Waals surface area contributed by atoms with E-state index in [-0.39, 0.29) is 11.2 Å². The third-order valence-electron chi connectivity index (χ3n) is 4.17. The minimum absolute atomic E-state index is 0.249. The van der Waals surface area contributed by atoms with Crippen LogP contribution in [0.2, 0.25) is 0 Å². The van der Waals surface area contributed by atoms with E-state index in [1.165, 1.54) is 11.8 Å². The third-order valence-corrected chi connectivity index (χ3v) is 5.10. The summed E-state index contributed by atoms with van der Waals surface area (Å²) in [6.07, 6.45) is 0.984. The lowest BCUT2D eigenvalue weighted by Gasteiger charge is -2.12. The number of fused-ring (bicyclic) bond motifs is 3. The molecule has 0 fully saturated rings. The summed E-state index contributed by atoms with van der Waals surface area (Å²) in [6, 6.07) is 6.11. The number of esters is 1. The van der Waals surface area contributed by atoms with Crippen LogP contribution in [-0.2, 0) is 9.53 Å².